The van der Waals surface area contributed by atoms with Gasteiger partial charge in [-0.1, -0.05) is 17.7 Å². The molecule has 1 aromatic heterocycles. The largest absolute Gasteiger partial charge is 0.480 e. The van der Waals surface area contributed by atoms with Gasteiger partial charge in [-0.05, 0) is 12.1 Å². The van der Waals surface area contributed by atoms with Crippen LogP contribution in [0.3, 0.4) is 0 Å². The van der Waals surface area contributed by atoms with Crippen molar-refractivity contribution in [2.75, 3.05) is 0 Å². The first-order valence-electron chi connectivity index (χ1n) is 4.22. The highest BCUT2D eigenvalue weighted by molar-refractivity contribution is 6.35. The van der Waals surface area contributed by atoms with Crippen LogP contribution in [0.5, 0.6) is 0 Å². The van der Waals surface area contributed by atoms with Crippen LogP contribution in [-0.2, 0) is 4.79 Å². The fraction of sp³-hybridized carbons (Fsp3) is 0.111. The second-order valence-electron chi connectivity index (χ2n) is 3.09. The predicted octanol–water partition coefficient (Wildman–Crippen LogP) is 1.30. The zero-order chi connectivity index (χ0) is 11.0. The summed E-state index contributed by atoms with van der Waals surface area (Å²) in [7, 11) is 0. The third-order valence-electron chi connectivity index (χ3n) is 2.13. The van der Waals surface area contributed by atoms with Crippen molar-refractivity contribution in [2.45, 2.75) is 6.04 Å². The number of hydrogen-bond acceptors (Lipinski definition) is 3. The fourth-order valence-corrected chi connectivity index (χ4v) is 1.67. The van der Waals surface area contributed by atoms with Crippen LogP contribution in [0, 0.1) is 0 Å². The van der Waals surface area contributed by atoms with Crippen molar-refractivity contribution in [1.82, 2.24) is 10.2 Å². The maximum absolute atomic E-state index is 10.7. The Morgan fingerprint density at radius 2 is 2.33 bits per heavy atom. The quantitative estimate of drug-likeness (QED) is 0.718. The molecular weight excluding hydrogens is 218 g/mol. The summed E-state index contributed by atoms with van der Waals surface area (Å²) in [6.07, 6.45) is 0. The predicted molar refractivity (Wildman–Crippen MR) is 55.7 cm³/mol. The van der Waals surface area contributed by atoms with E-state index in [1.165, 1.54) is 0 Å². The summed E-state index contributed by atoms with van der Waals surface area (Å²) >= 11 is 5.94. The highest BCUT2D eigenvalue weighted by atomic mass is 35.5. The molecule has 0 bridgehead atoms. The lowest BCUT2D eigenvalue weighted by Gasteiger charge is -2.04. The number of carboxylic acid groups (broad SMARTS) is 1. The Bertz CT molecular complexity index is 523. The minimum absolute atomic E-state index is 0.322. The van der Waals surface area contributed by atoms with Crippen LogP contribution < -0.4 is 5.73 Å². The number of H-pyrrole nitrogens is 1. The topological polar surface area (TPSA) is 92.0 Å². The number of benzene rings is 1. The Labute approximate surface area is 89.8 Å². The average molecular weight is 226 g/mol. The van der Waals surface area contributed by atoms with Gasteiger partial charge >= 0.3 is 5.97 Å². The van der Waals surface area contributed by atoms with Crippen molar-refractivity contribution >= 4 is 28.5 Å². The maximum atomic E-state index is 10.7. The van der Waals surface area contributed by atoms with E-state index in [-0.39, 0.29) is 0 Å². The third-order valence-corrected chi connectivity index (χ3v) is 2.45. The number of nitrogens with one attached hydrogen (secondary N) is 1. The monoisotopic (exact) mass is 225 g/mol. The first kappa shape index (κ1) is 9.95. The van der Waals surface area contributed by atoms with Crippen molar-refractivity contribution in [3.63, 3.8) is 0 Å². The number of aliphatic carboxylic acids is 1. The number of fused-ring (bicyclic) bond motifs is 1. The summed E-state index contributed by atoms with van der Waals surface area (Å²) in [5, 5.41) is 16.3. The summed E-state index contributed by atoms with van der Waals surface area (Å²) < 4.78 is 0. The Morgan fingerprint density at radius 1 is 1.60 bits per heavy atom. The van der Waals surface area contributed by atoms with E-state index in [0.717, 1.165) is 0 Å². The Kier molecular flexibility index (Phi) is 2.34. The van der Waals surface area contributed by atoms with Crippen LogP contribution in [0.4, 0.5) is 0 Å². The van der Waals surface area contributed by atoms with Crippen LogP contribution >= 0.6 is 11.6 Å². The molecule has 5 nitrogen and oxygen atoms in total. The van der Waals surface area contributed by atoms with Gasteiger partial charge in [0.25, 0.3) is 0 Å². The first-order chi connectivity index (χ1) is 7.11. The number of aromatic nitrogens is 2. The molecule has 6 heteroatoms. The van der Waals surface area contributed by atoms with E-state index in [9.17, 15) is 4.79 Å². The summed E-state index contributed by atoms with van der Waals surface area (Å²) in [5.41, 5.74) is 6.42. The van der Waals surface area contributed by atoms with E-state index in [4.69, 9.17) is 22.4 Å². The molecule has 15 heavy (non-hydrogen) atoms. The number of halogens is 1. The Hall–Kier alpha value is -1.59. The van der Waals surface area contributed by atoms with Crippen molar-refractivity contribution in [2.24, 2.45) is 5.73 Å². The van der Waals surface area contributed by atoms with Gasteiger partial charge < -0.3 is 10.8 Å². The summed E-state index contributed by atoms with van der Waals surface area (Å²) in [6.45, 7) is 0. The molecule has 4 N–H and O–H groups in total. The number of carbonyl (C=O) groups is 1. The molecule has 2 rings (SSSR count). The lowest BCUT2D eigenvalue weighted by Crippen LogP contribution is -2.21. The number of hydrogen-bond donors (Lipinski definition) is 3. The lowest BCUT2D eigenvalue weighted by molar-refractivity contribution is -0.138. The summed E-state index contributed by atoms with van der Waals surface area (Å²) in [4.78, 5) is 10.7. The molecule has 2 aromatic rings. The number of rotatable bonds is 2. The van der Waals surface area contributed by atoms with E-state index in [1.54, 1.807) is 18.2 Å². The fourth-order valence-electron chi connectivity index (χ4n) is 1.40. The van der Waals surface area contributed by atoms with Gasteiger partial charge in [0.05, 0.1) is 16.2 Å². The van der Waals surface area contributed by atoms with E-state index in [1.807, 2.05) is 0 Å². The molecule has 0 amide bonds. The van der Waals surface area contributed by atoms with Crippen molar-refractivity contribution in [3.8, 4) is 0 Å². The second kappa shape index (κ2) is 3.52. The van der Waals surface area contributed by atoms with Gasteiger partial charge in [0.1, 0.15) is 6.04 Å². The molecule has 0 aliphatic carbocycles. The third kappa shape index (κ3) is 1.55. The smallest absolute Gasteiger partial charge is 0.326 e. The molecule has 1 unspecified atom stereocenters. The number of aromatic amines is 1. The van der Waals surface area contributed by atoms with Crippen molar-refractivity contribution < 1.29 is 9.90 Å². The van der Waals surface area contributed by atoms with Crippen LogP contribution in [0.1, 0.15) is 11.7 Å². The Balaban J connectivity index is 2.67. The van der Waals surface area contributed by atoms with Crippen LogP contribution in [0.15, 0.2) is 18.2 Å². The minimum atomic E-state index is -1.14. The van der Waals surface area contributed by atoms with Crippen molar-refractivity contribution in [3.05, 3.63) is 28.9 Å². The Morgan fingerprint density at radius 3 is 3.00 bits per heavy atom. The van der Waals surface area contributed by atoms with Crippen molar-refractivity contribution in [1.29, 1.82) is 0 Å². The van der Waals surface area contributed by atoms with Crippen LogP contribution in [0.25, 0.3) is 10.9 Å². The molecule has 0 saturated heterocycles. The maximum Gasteiger partial charge on any atom is 0.326 e. The molecule has 1 aromatic carbocycles. The highest BCUT2D eigenvalue weighted by Crippen LogP contribution is 2.27. The van der Waals surface area contributed by atoms with Gasteiger partial charge in [-0.15, -0.1) is 0 Å². The van der Waals surface area contributed by atoms with E-state index < -0.39 is 12.0 Å². The van der Waals surface area contributed by atoms with Gasteiger partial charge in [-0.2, -0.15) is 5.10 Å². The number of nitrogens with zero attached hydrogens (tertiary/aromatic N) is 1. The minimum Gasteiger partial charge on any atom is -0.480 e. The van der Waals surface area contributed by atoms with E-state index >= 15 is 0 Å². The molecule has 0 aliphatic rings. The van der Waals surface area contributed by atoms with E-state index in [2.05, 4.69) is 10.2 Å². The zero-order valence-electron chi connectivity index (χ0n) is 7.57. The molecule has 0 saturated carbocycles. The summed E-state index contributed by atoms with van der Waals surface area (Å²) in [6, 6.07) is 3.99. The highest BCUT2D eigenvalue weighted by Gasteiger charge is 2.20. The van der Waals surface area contributed by atoms with Gasteiger partial charge in [0.15, 0.2) is 0 Å². The van der Waals surface area contributed by atoms with Gasteiger partial charge in [0.2, 0.25) is 0 Å². The molecular formula is C9H8ClN3O2. The molecule has 78 valence electrons. The lowest BCUT2D eigenvalue weighted by atomic mass is 10.1. The molecule has 1 atom stereocenters. The standard InChI is InChI=1S/C9H8ClN3O2/c10-4-2-1-3-5-6(4)8(13-12-5)7(11)9(14)15/h1-3,7H,11H2,(H,12,13)(H,14,15). The van der Waals surface area contributed by atoms with Crippen LogP contribution in [-0.4, -0.2) is 21.3 Å². The average Bonchev–Trinajstić information content (AvgIpc) is 2.61. The second-order valence-corrected chi connectivity index (χ2v) is 3.49. The van der Waals surface area contributed by atoms with Gasteiger partial charge in [-0.3, -0.25) is 9.89 Å². The molecule has 0 radical (unpaired) electrons. The van der Waals surface area contributed by atoms with Crippen LogP contribution in [0.2, 0.25) is 5.02 Å². The molecule has 0 spiro atoms. The number of carboxylic acids is 1. The number of nitrogens with two attached hydrogens (primary N) is 1. The molecule has 0 aliphatic heterocycles. The molecule has 1 heterocycles. The zero-order valence-corrected chi connectivity index (χ0v) is 8.32. The van der Waals surface area contributed by atoms with E-state index in [0.29, 0.717) is 21.6 Å². The first-order valence-corrected chi connectivity index (χ1v) is 4.60. The normalized spacial score (nSPS) is 12.9. The molecule has 0 fully saturated rings. The summed E-state index contributed by atoms with van der Waals surface area (Å²) in [5.74, 6) is -1.12. The SMILES string of the molecule is NC(C(=O)O)c1[nH]nc2cccc(Cl)c12. The van der Waals surface area contributed by atoms with Gasteiger partial charge in [0, 0.05) is 5.39 Å². The van der Waals surface area contributed by atoms with Gasteiger partial charge in [-0.25, -0.2) is 0 Å².